The second kappa shape index (κ2) is 4.85. The van der Waals surface area contributed by atoms with E-state index in [1.165, 1.54) is 6.20 Å². The summed E-state index contributed by atoms with van der Waals surface area (Å²) in [6.07, 6.45) is 3.09. The Kier molecular flexibility index (Phi) is 2.89. The molecule has 0 aromatic carbocycles. The molecule has 7 nitrogen and oxygen atoms in total. The first-order chi connectivity index (χ1) is 9.76. The standard InChI is InChI=1S/C13H8N6O/c1-8-15-5-4-10(17-8)12-18-13(20-19-12)11-3-2-9(6-14)7-16-11/h2-5,7H,1H3. The smallest absolute Gasteiger partial charge is 0.276 e. The molecule has 0 spiro atoms. The Morgan fingerprint density at radius 3 is 2.70 bits per heavy atom. The molecule has 0 aliphatic heterocycles. The lowest BCUT2D eigenvalue weighted by Crippen LogP contribution is -1.91. The van der Waals surface area contributed by atoms with Gasteiger partial charge in [-0.1, -0.05) is 5.16 Å². The van der Waals surface area contributed by atoms with Gasteiger partial charge in [0.25, 0.3) is 5.89 Å². The van der Waals surface area contributed by atoms with Gasteiger partial charge in [0.1, 0.15) is 23.3 Å². The fourth-order valence-electron chi connectivity index (χ4n) is 1.60. The highest BCUT2D eigenvalue weighted by Gasteiger charge is 2.12. The van der Waals surface area contributed by atoms with Gasteiger partial charge in [0.15, 0.2) is 0 Å². The van der Waals surface area contributed by atoms with E-state index in [4.69, 9.17) is 9.78 Å². The summed E-state index contributed by atoms with van der Waals surface area (Å²) in [6, 6.07) is 6.99. The normalized spacial score (nSPS) is 10.2. The molecule has 96 valence electrons. The zero-order valence-corrected chi connectivity index (χ0v) is 10.5. The molecular formula is C13H8N6O. The molecule has 0 amide bonds. The number of nitriles is 1. The Morgan fingerprint density at radius 1 is 1.10 bits per heavy atom. The fraction of sp³-hybridized carbons (Fsp3) is 0.0769. The van der Waals surface area contributed by atoms with Crippen molar-refractivity contribution < 1.29 is 4.52 Å². The molecule has 0 N–H and O–H groups in total. The molecule has 3 aromatic rings. The molecule has 3 aromatic heterocycles. The van der Waals surface area contributed by atoms with Gasteiger partial charge in [-0.3, -0.25) is 0 Å². The lowest BCUT2D eigenvalue weighted by molar-refractivity contribution is 0.430. The first-order valence-electron chi connectivity index (χ1n) is 5.76. The van der Waals surface area contributed by atoms with Gasteiger partial charge in [-0.25, -0.2) is 15.0 Å². The Balaban J connectivity index is 1.95. The van der Waals surface area contributed by atoms with Crippen molar-refractivity contribution in [1.29, 1.82) is 5.26 Å². The van der Waals surface area contributed by atoms with E-state index in [0.29, 0.717) is 28.6 Å². The van der Waals surface area contributed by atoms with Crippen LogP contribution in [0.2, 0.25) is 0 Å². The van der Waals surface area contributed by atoms with Crippen LogP contribution in [0.25, 0.3) is 23.1 Å². The highest BCUT2D eigenvalue weighted by molar-refractivity contribution is 5.54. The number of rotatable bonds is 2. The fourth-order valence-corrected chi connectivity index (χ4v) is 1.60. The average molecular weight is 264 g/mol. The minimum Gasteiger partial charge on any atom is -0.332 e. The number of hydrogen-bond donors (Lipinski definition) is 0. The monoisotopic (exact) mass is 264 g/mol. The van der Waals surface area contributed by atoms with Crippen LogP contribution in [0.3, 0.4) is 0 Å². The van der Waals surface area contributed by atoms with Gasteiger partial charge >= 0.3 is 0 Å². The van der Waals surface area contributed by atoms with Gasteiger partial charge in [0.2, 0.25) is 5.82 Å². The van der Waals surface area contributed by atoms with E-state index >= 15 is 0 Å². The van der Waals surface area contributed by atoms with Crippen molar-refractivity contribution in [2.45, 2.75) is 6.92 Å². The molecule has 7 heteroatoms. The maximum atomic E-state index is 8.72. The number of hydrogen-bond acceptors (Lipinski definition) is 7. The quantitative estimate of drug-likeness (QED) is 0.694. The summed E-state index contributed by atoms with van der Waals surface area (Å²) in [5.74, 6) is 1.28. The van der Waals surface area contributed by atoms with Crippen LogP contribution in [0.4, 0.5) is 0 Å². The SMILES string of the molecule is Cc1nccc(-c2noc(-c3ccc(C#N)cn3)n2)n1. The van der Waals surface area contributed by atoms with Gasteiger partial charge in [-0.2, -0.15) is 10.2 Å². The summed E-state index contributed by atoms with van der Waals surface area (Å²) in [5.41, 5.74) is 1.56. The van der Waals surface area contributed by atoms with Crippen LogP contribution in [0, 0.1) is 18.3 Å². The Hall–Kier alpha value is -3.14. The van der Waals surface area contributed by atoms with Gasteiger partial charge in [0, 0.05) is 12.4 Å². The third kappa shape index (κ3) is 2.22. The van der Waals surface area contributed by atoms with E-state index in [2.05, 4.69) is 25.1 Å². The van der Waals surface area contributed by atoms with Crippen molar-refractivity contribution in [3.63, 3.8) is 0 Å². The first-order valence-corrected chi connectivity index (χ1v) is 5.76. The number of nitrogens with zero attached hydrogens (tertiary/aromatic N) is 6. The number of aryl methyl sites for hydroxylation is 1. The number of aromatic nitrogens is 5. The topological polar surface area (TPSA) is 101 Å². The third-order valence-corrected chi connectivity index (χ3v) is 2.54. The summed E-state index contributed by atoms with van der Waals surface area (Å²) in [6.45, 7) is 1.78. The molecule has 0 radical (unpaired) electrons. The second-order valence-electron chi connectivity index (χ2n) is 3.96. The van der Waals surface area contributed by atoms with Crippen molar-refractivity contribution >= 4 is 0 Å². The summed E-state index contributed by atoms with van der Waals surface area (Å²) >= 11 is 0. The lowest BCUT2D eigenvalue weighted by atomic mass is 10.2. The van der Waals surface area contributed by atoms with Crippen molar-refractivity contribution in [3.05, 3.63) is 42.0 Å². The summed E-state index contributed by atoms with van der Waals surface area (Å²) in [4.78, 5) is 16.6. The highest BCUT2D eigenvalue weighted by atomic mass is 16.5. The summed E-state index contributed by atoms with van der Waals surface area (Å²) in [5, 5.41) is 12.6. The van der Waals surface area contributed by atoms with E-state index in [-0.39, 0.29) is 5.89 Å². The van der Waals surface area contributed by atoms with Crippen molar-refractivity contribution in [3.8, 4) is 29.2 Å². The molecule has 0 saturated carbocycles. The van der Waals surface area contributed by atoms with Crippen LogP contribution in [0.1, 0.15) is 11.4 Å². The molecular weight excluding hydrogens is 256 g/mol. The minimum absolute atomic E-state index is 0.278. The molecule has 20 heavy (non-hydrogen) atoms. The molecule has 0 unspecified atom stereocenters. The van der Waals surface area contributed by atoms with E-state index in [1.807, 2.05) is 6.07 Å². The van der Waals surface area contributed by atoms with Crippen LogP contribution >= 0.6 is 0 Å². The Labute approximate surface area is 114 Å². The second-order valence-corrected chi connectivity index (χ2v) is 3.96. The molecule has 3 rings (SSSR count). The number of pyridine rings is 1. The van der Waals surface area contributed by atoms with Crippen LogP contribution in [0.5, 0.6) is 0 Å². The van der Waals surface area contributed by atoms with E-state index < -0.39 is 0 Å². The first kappa shape index (κ1) is 11.9. The van der Waals surface area contributed by atoms with Gasteiger partial charge in [-0.15, -0.1) is 0 Å². The van der Waals surface area contributed by atoms with Crippen LogP contribution in [0.15, 0.2) is 35.1 Å². The maximum absolute atomic E-state index is 8.72. The Bertz CT molecular complexity index is 787. The predicted molar refractivity (Wildman–Crippen MR) is 68.0 cm³/mol. The molecule has 0 atom stereocenters. The van der Waals surface area contributed by atoms with Gasteiger partial charge in [0.05, 0.1) is 5.56 Å². The third-order valence-electron chi connectivity index (χ3n) is 2.54. The van der Waals surface area contributed by atoms with E-state index in [1.54, 1.807) is 31.3 Å². The summed E-state index contributed by atoms with van der Waals surface area (Å²) < 4.78 is 5.15. The molecule has 3 heterocycles. The lowest BCUT2D eigenvalue weighted by Gasteiger charge is -1.94. The zero-order chi connectivity index (χ0) is 13.9. The average Bonchev–Trinajstić information content (AvgIpc) is 2.97. The molecule has 0 fully saturated rings. The molecule has 0 aliphatic carbocycles. The maximum Gasteiger partial charge on any atom is 0.276 e. The van der Waals surface area contributed by atoms with Gasteiger partial charge in [-0.05, 0) is 25.1 Å². The minimum atomic E-state index is 0.278. The van der Waals surface area contributed by atoms with Crippen molar-refractivity contribution in [2.75, 3.05) is 0 Å². The van der Waals surface area contributed by atoms with E-state index in [0.717, 1.165) is 0 Å². The van der Waals surface area contributed by atoms with Crippen LogP contribution < -0.4 is 0 Å². The molecule has 0 aliphatic rings. The van der Waals surface area contributed by atoms with E-state index in [9.17, 15) is 0 Å². The van der Waals surface area contributed by atoms with Crippen molar-refractivity contribution in [2.24, 2.45) is 0 Å². The molecule has 0 bridgehead atoms. The summed E-state index contributed by atoms with van der Waals surface area (Å²) in [7, 11) is 0. The largest absolute Gasteiger partial charge is 0.332 e. The highest BCUT2D eigenvalue weighted by Crippen LogP contribution is 2.19. The molecule has 0 saturated heterocycles. The van der Waals surface area contributed by atoms with Crippen LogP contribution in [-0.4, -0.2) is 25.1 Å². The van der Waals surface area contributed by atoms with Gasteiger partial charge < -0.3 is 4.52 Å². The predicted octanol–water partition coefficient (Wildman–Crippen LogP) is 1.77. The van der Waals surface area contributed by atoms with Crippen LogP contribution in [-0.2, 0) is 0 Å². The zero-order valence-electron chi connectivity index (χ0n) is 10.5. The Morgan fingerprint density at radius 2 is 2.00 bits per heavy atom. The van der Waals surface area contributed by atoms with Crippen molar-refractivity contribution in [1.82, 2.24) is 25.1 Å².